The normalized spacial score (nSPS) is 13.4. The first kappa shape index (κ1) is 18.4. The van der Waals surface area contributed by atoms with Crippen LogP contribution >= 0.6 is 11.3 Å². The average Bonchev–Trinajstić information content (AvgIpc) is 3.01. The molecule has 1 aliphatic rings. The van der Waals surface area contributed by atoms with Gasteiger partial charge in [0.15, 0.2) is 11.7 Å². The van der Waals surface area contributed by atoms with Crippen molar-refractivity contribution in [3.63, 3.8) is 0 Å². The van der Waals surface area contributed by atoms with Crippen LogP contribution in [0.25, 0.3) is 0 Å². The van der Waals surface area contributed by atoms with Gasteiger partial charge in [0.05, 0.1) is 12.2 Å². The monoisotopic (exact) mass is 373 g/mol. The van der Waals surface area contributed by atoms with Gasteiger partial charge in [-0.1, -0.05) is 43.4 Å². The topological polar surface area (TPSA) is 71.5 Å². The van der Waals surface area contributed by atoms with E-state index in [0.717, 1.165) is 17.0 Å². The molecule has 0 fully saturated rings. The van der Waals surface area contributed by atoms with Crippen LogP contribution in [0.4, 0.5) is 5.13 Å². The number of hydrogen-bond donors (Lipinski definition) is 1. The smallest absolute Gasteiger partial charge is 0.264 e. The Labute approximate surface area is 157 Å². The number of hydrogen-bond acceptors (Lipinski definition) is 5. The van der Waals surface area contributed by atoms with Gasteiger partial charge >= 0.3 is 0 Å². The van der Waals surface area contributed by atoms with Crippen molar-refractivity contribution in [2.45, 2.75) is 33.2 Å². The van der Waals surface area contributed by atoms with E-state index >= 15 is 0 Å². The highest BCUT2D eigenvalue weighted by Gasteiger charge is 2.24. The minimum absolute atomic E-state index is 0.0622. The summed E-state index contributed by atoms with van der Waals surface area (Å²) in [5.74, 6) is 0.943. The molecule has 0 spiro atoms. The Balaban J connectivity index is 1.54. The molecule has 1 aromatic carbocycles. The molecule has 0 radical (unpaired) electrons. The van der Waals surface area contributed by atoms with Gasteiger partial charge in [-0.05, 0) is 18.1 Å². The number of anilines is 1. The summed E-state index contributed by atoms with van der Waals surface area (Å²) in [5, 5.41) is 3.35. The summed E-state index contributed by atoms with van der Waals surface area (Å²) in [6.45, 7) is 5.30. The highest BCUT2D eigenvalue weighted by atomic mass is 32.1. The van der Waals surface area contributed by atoms with E-state index < -0.39 is 0 Å². The van der Waals surface area contributed by atoms with Crippen LogP contribution in [0.3, 0.4) is 0 Å². The number of benzene rings is 1. The SMILES string of the molecule is CC(C)CC(=O)N1CCc2nc(NC(=O)COc3ccccc3)sc2C1. The summed E-state index contributed by atoms with van der Waals surface area (Å²) in [5.41, 5.74) is 0.975. The molecular formula is C19H23N3O3S. The lowest BCUT2D eigenvalue weighted by Gasteiger charge is -2.26. The third-order valence-corrected chi connectivity index (χ3v) is 5.02. The number of fused-ring (bicyclic) bond motifs is 1. The van der Waals surface area contributed by atoms with Gasteiger partial charge in [0.25, 0.3) is 5.91 Å². The van der Waals surface area contributed by atoms with Gasteiger partial charge in [-0.15, -0.1) is 0 Å². The van der Waals surface area contributed by atoms with Gasteiger partial charge in [0.1, 0.15) is 5.75 Å². The third kappa shape index (κ3) is 4.82. The second kappa shape index (κ2) is 8.31. The molecule has 2 heterocycles. The molecule has 1 aromatic heterocycles. The number of nitrogens with one attached hydrogen (secondary N) is 1. The summed E-state index contributed by atoms with van der Waals surface area (Å²) in [6.07, 6.45) is 1.29. The first-order valence-corrected chi connectivity index (χ1v) is 9.57. The van der Waals surface area contributed by atoms with E-state index in [0.29, 0.717) is 36.3 Å². The van der Waals surface area contributed by atoms with Crippen molar-refractivity contribution in [1.82, 2.24) is 9.88 Å². The maximum Gasteiger partial charge on any atom is 0.264 e. The number of thiazole rings is 1. The highest BCUT2D eigenvalue weighted by Crippen LogP contribution is 2.28. The van der Waals surface area contributed by atoms with E-state index in [9.17, 15) is 9.59 Å². The summed E-state index contributed by atoms with van der Waals surface area (Å²) >= 11 is 1.43. The zero-order valence-corrected chi connectivity index (χ0v) is 15.8. The number of carbonyl (C=O) groups excluding carboxylic acids is 2. The lowest BCUT2D eigenvalue weighted by molar-refractivity contribution is -0.132. The molecule has 3 rings (SSSR count). The van der Waals surface area contributed by atoms with Gasteiger partial charge in [-0.2, -0.15) is 0 Å². The second-order valence-corrected chi connectivity index (χ2v) is 7.79. The first-order chi connectivity index (χ1) is 12.5. The van der Waals surface area contributed by atoms with Crippen LogP contribution in [0.15, 0.2) is 30.3 Å². The Morgan fingerprint density at radius 2 is 2.08 bits per heavy atom. The fourth-order valence-electron chi connectivity index (χ4n) is 2.76. The molecule has 1 N–H and O–H groups in total. The molecule has 2 amide bonds. The van der Waals surface area contributed by atoms with Gasteiger partial charge in [0, 0.05) is 24.3 Å². The van der Waals surface area contributed by atoms with Gasteiger partial charge in [0.2, 0.25) is 5.91 Å². The quantitative estimate of drug-likeness (QED) is 0.845. The number of aromatic nitrogens is 1. The molecule has 1 aliphatic heterocycles. The molecule has 2 aromatic rings. The molecule has 0 saturated heterocycles. The molecule has 0 saturated carbocycles. The van der Waals surface area contributed by atoms with E-state index in [1.54, 1.807) is 12.1 Å². The van der Waals surface area contributed by atoms with E-state index in [-0.39, 0.29) is 18.4 Å². The summed E-state index contributed by atoms with van der Waals surface area (Å²) in [7, 11) is 0. The number of para-hydroxylation sites is 1. The predicted molar refractivity (Wildman–Crippen MR) is 101 cm³/mol. The minimum atomic E-state index is -0.243. The Morgan fingerprint density at radius 3 is 2.81 bits per heavy atom. The van der Waals surface area contributed by atoms with Crippen LogP contribution in [-0.2, 0) is 22.6 Å². The van der Waals surface area contributed by atoms with Gasteiger partial charge in [-0.3, -0.25) is 14.9 Å². The van der Waals surface area contributed by atoms with Crippen molar-refractivity contribution < 1.29 is 14.3 Å². The lowest BCUT2D eigenvalue weighted by Crippen LogP contribution is -2.36. The zero-order chi connectivity index (χ0) is 18.5. The number of rotatable bonds is 6. The van der Waals surface area contributed by atoms with Crippen molar-refractivity contribution in [2.24, 2.45) is 5.92 Å². The van der Waals surface area contributed by atoms with Crippen LogP contribution < -0.4 is 10.1 Å². The largest absolute Gasteiger partial charge is 0.484 e. The van der Waals surface area contributed by atoms with Crippen LogP contribution in [0, 0.1) is 5.92 Å². The van der Waals surface area contributed by atoms with Crippen molar-refractivity contribution in [1.29, 1.82) is 0 Å². The van der Waals surface area contributed by atoms with Crippen molar-refractivity contribution in [3.05, 3.63) is 40.9 Å². The van der Waals surface area contributed by atoms with Crippen LogP contribution in [0.5, 0.6) is 5.75 Å². The van der Waals surface area contributed by atoms with E-state index in [1.807, 2.05) is 36.9 Å². The van der Waals surface area contributed by atoms with Crippen LogP contribution in [-0.4, -0.2) is 34.8 Å². The molecule has 6 nitrogen and oxygen atoms in total. The molecule has 0 bridgehead atoms. The maximum absolute atomic E-state index is 12.2. The Kier molecular flexibility index (Phi) is 5.88. The standard InChI is InChI=1S/C19H23N3O3S/c1-13(2)10-18(24)22-9-8-15-16(11-22)26-19(20-15)21-17(23)12-25-14-6-4-3-5-7-14/h3-7,13H,8-12H2,1-2H3,(H,20,21,23). The second-order valence-electron chi connectivity index (χ2n) is 6.70. The fourth-order valence-corrected chi connectivity index (χ4v) is 3.80. The number of ether oxygens (including phenoxy) is 1. The van der Waals surface area contributed by atoms with Crippen molar-refractivity contribution in [2.75, 3.05) is 18.5 Å². The maximum atomic E-state index is 12.2. The fraction of sp³-hybridized carbons (Fsp3) is 0.421. The number of carbonyl (C=O) groups is 2. The number of amides is 2. The lowest BCUT2D eigenvalue weighted by atomic mass is 10.1. The first-order valence-electron chi connectivity index (χ1n) is 8.75. The molecule has 0 unspecified atom stereocenters. The summed E-state index contributed by atoms with van der Waals surface area (Å²) in [6, 6.07) is 9.21. The molecular weight excluding hydrogens is 350 g/mol. The zero-order valence-electron chi connectivity index (χ0n) is 15.0. The molecule has 0 aliphatic carbocycles. The van der Waals surface area contributed by atoms with E-state index in [2.05, 4.69) is 10.3 Å². The predicted octanol–water partition coefficient (Wildman–Crippen LogP) is 3.09. The average molecular weight is 373 g/mol. The van der Waals surface area contributed by atoms with E-state index in [1.165, 1.54) is 11.3 Å². The highest BCUT2D eigenvalue weighted by molar-refractivity contribution is 7.15. The van der Waals surface area contributed by atoms with Gasteiger partial charge < -0.3 is 9.64 Å². The Morgan fingerprint density at radius 1 is 1.31 bits per heavy atom. The Hall–Kier alpha value is -2.41. The number of nitrogens with zero attached hydrogens (tertiary/aromatic N) is 2. The molecule has 0 atom stereocenters. The summed E-state index contributed by atoms with van der Waals surface area (Å²) in [4.78, 5) is 31.7. The van der Waals surface area contributed by atoms with Gasteiger partial charge in [-0.25, -0.2) is 4.98 Å². The van der Waals surface area contributed by atoms with E-state index in [4.69, 9.17) is 4.74 Å². The molecule has 138 valence electrons. The third-order valence-electron chi connectivity index (χ3n) is 4.03. The van der Waals surface area contributed by atoms with Crippen molar-refractivity contribution >= 4 is 28.3 Å². The van der Waals surface area contributed by atoms with Crippen LogP contribution in [0.1, 0.15) is 30.8 Å². The summed E-state index contributed by atoms with van der Waals surface area (Å²) < 4.78 is 5.44. The Bertz CT molecular complexity index is 774. The molecule has 7 heteroatoms. The van der Waals surface area contributed by atoms with Crippen LogP contribution in [0.2, 0.25) is 0 Å². The van der Waals surface area contributed by atoms with Crippen molar-refractivity contribution in [3.8, 4) is 5.75 Å². The molecule has 26 heavy (non-hydrogen) atoms. The minimum Gasteiger partial charge on any atom is -0.484 e.